The van der Waals surface area contributed by atoms with Crippen molar-refractivity contribution in [3.05, 3.63) is 89.0 Å². The van der Waals surface area contributed by atoms with Crippen molar-refractivity contribution in [2.45, 2.75) is 12.6 Å². The molecule has 0 aliphatic carbocycles. The predicted molar refractivity (Wildman–Crippen MR) is 109 cm³/mol. The third-order valence-electron chi connectivity index (χ3n) is 5.04. The molecular formula is C23H15F6N3O. The maximum absolute atomic E-state index is 14.3. The van der Waals surface area contributed by atoms with Gasteiger partial charge < -0.3 is 10.3 Å². The Kier molecular flexibility index (Phi) is 5.84. The Labute approximate surface area is 183 Å². The van der Waals surface area contributed by atoms with Crippen LogP contribution in [0.25, 0.3) is 22.2 Å². The van der Waals surface area contributed by atoms with E-state index in [1.54, 1.807) is 0 Å². The van der Waals surface area contributed by atoms with Gasteiger partial charge in [0.25, 0.3) is 5.91 Å². The van der Waals surface area contributed by atoms with Crippen LogP contribution in [0.4, 0.5) is 26.3 Å². The molecule has 4 nitrogen and oxygen atoms in total. The fraction of sp³-hybridized carbons (Fsp3) is 0.130. The molecule has 0 saturated heterocycles. The molecule has 33 heavy (non-hydrogen) atoms. The van der Waals surface area contributed by atoms with Crippen LogP contribution in [0.1, 0.15) is 21.6 Å². The lowest BCUT2D eigenvalue weighted by molar-refractivity contribution is -0.141. The number of pyridine rings is 1. The highest BCUT2D eigenvalue weighted by Gasteiger charge is 2.33. The van der Waals surface area contributed by atoms with Gasteiger partial charge in [0, 0.05) is 35.5 Å². The number of alkyl halides is 3. The Morgan fingerprint density at radius 3 is 2.39 bits per heavy atom. The largest absolute Gasteiger partial charge is 0.433 e. The van der Waals surface area contributed by atoms with Crippen LogP contribution in [-0.2, 0) is 12.6 Å². The number of H-pyrrole nitrogens is 1. The lowest BCUT2D eigenvalue weighted by atomic mass is 10.0. The standard InChI is InChI=1S/C23H15F6N3O/c24-14-3-1-12(2-4-14)20-16(17-10-15(25)11-18(26)21(17)32-20)6-8-31-22(33)13-5-7-30-19(9-13)23(27,28)29/h1-5,7,9-11,32H,6,8H2,(H,31,33). The van der Waals surface area contributed by atoms with Crippen molar-refractivity contribution in [3.63, 3.8) is 0 Å². The van der Waals surface area contributed by atoms with E-state index in [-0.39, 0.29) is 29.4 Å². The molecule has 170 valence electrons. The zero-order valence-corrected chi connectivity index (χ0v) is 16.7. The predicted octanol–water partition coefficient (Wildman–Crippen LogP) is 5.64. The summed E-state index contributed by atoms with van der Waals surface area (Å²) in [5.41, 5.74) is -0.00449. The maximum atomic E-state index is 14.3. The molecule has 1 amide bonds. The molecule has 0 bridgehead atoms. The molecule has 0 atom stereocenters. The molecule has 0 aliphatic rings. The minimum absolute atomic E-state index is 0.0399. The van der Waals surface area contributed by atoms with Crippen molar-refractivity contribution in [1.29, 1.82) is 0 Å². The monoisotopic (exact) mass is 463 g/mol. The highest BCUT2D eigenvalue weighted by molar-refractivity contribution is 5.94. The van der Waals surface area contributed by atoms with Crippen LogP contribution >= 0.6 is 0 Å². The van der Waals surface area contributed by atoms with Crippen molar-refractivity contribution in [1.82, 2.24) is 15.3 Å². The Morgan fingerprint density at radius 2 is 1.70 bits per heavy atom. The summed E-state index contributed by atoms with van der Waals surface area (Å²) in [6.45, 7) is -0.0399. The molecule has 0 fully saturated rings. The topological polar surface area (TPSA) is 57.8 Å². The van der Waals surface area contributed by atoms with E-state index in [9.17, 15) is 31.1 Å². The van der Waals surface area contributed by atoms with E-state index in [0.717, 1.165) is 24.4 Å². The van der Waals surface area contributed by atoms with Gasteiger partial charge in [0.1, 0.15) is 23.1 Å². The Hall–Kier alpha value is -3.82. The Morgan fingerprint density at radius 1 is 0.970 bits per heavy atom. The smallest absolute Gasteiger partial charge is 0.352 e. The molecule has 10 heteroatoms. The number of aromatic amines is 1. The van der Waals surface area contributed by atoms with Gasteiger partial charge in [-0.2, -0.15) is 13.2 Å². The van der Waals surface area contributed by atoms with Crippen molar-refractivity contribution in [2.75, 3.05) is 6.54 Å². The third kappa shape index (κ3) is 4.69. The average Bonchev–Trinajstić information content (AvgIpc) is 3.12. The van der Waals surface area contributed by atoms with E-state index < -0.39 is 35.2 Å². The lowest BCUT2D eigenvalue weighted by Gasteiger charge is -2.09. The highest BCUT2D eigenvalue weighted by atomic mass is 19.4. The van der Waals surface area contributed by atoms with Gasteiger partial charge in [-0.3, -0.25) is 9.78 Å². The van der Waals surface area contributed by atoms with E-state index in [1.165, 1.54) is 24.3 Å². The van der Waals surface area contributed by atoms with Gasteiger partial charge in [-0.15, -0.1) is 0 Å². The molecule has 0 radical (unpaired) electrons. The second kappa shape index (κ2) is 8.61. The molecule has 0 saturated carbocycles. The number of amides is 1. The van der Waals surface area contributed by atoms with Gasteiger partial charge in [-0.05, 0) is 60.0 Å². The minimum atomic E-state index is -4.70. The van der Waals surface area contributed by atoms with Gasteiger partial charge >= 0.3 is 6.18 Å². The number of fused-ring (bicyclic) bond motifs is 1. The van der Waals surface area contributed by atoms with Crippen LogP contribution < -0.4 is 5.32 Å². The molecule has 2 aromatic heterocycles. The number of carbonyl (C=O) groups excluding carboxylic acids is 1. The zero-order valence-electron chi connectivity index (χ0n) is 16.7. The zero-order chi connectivity index (χ0) is 23.8. The highest BCUT2D eigenvalue weighted by Crippen LogP contribution is 2.33. The summed E-state index contributed by atoms with van der Waals surface area (Å²) in [6.07, 6.45) is -3.72. The number of halogens is 6. The van der Waals surface area contributed by atoms with Crippen LogP contribution in [0.3, 0.4) is 0 Å². The average molecular weight is 463 g/mol. The summed E-state index contributed by atoms with van der Waals surface area (Å²) in [5, 5.41) is 2.74. The first kappa shape index (κ1) is 22.4. The lowest BCUT2D eigenvalue weighted by Crippen LogP contribution is -2.26. The van der Waals surface area contributed by atoms with E-state index in [2.05, 4.69) is 15.3 Å². The number of carbonyl (C=O) groups is 1. The van der Waals surface area contributed by atoms with E-state index in [4.69, 9.17) is 0 Å². The molecular weight excluding hydrogens is 448 g/mol. The molecule has 4 aromatic rings. The minimum Gasteiger partial charge on any atom is -0.352 e. The maximum Gasteiger partial charge on any atom is 0.433 e. The van der Waals surface area contributed by atoms with Gasteiger partial charge in [0.05, 0.1) is 5.52 Å². The summed E-state index contributed by atoms with van der Waals surface area (Å²) >= 11 is 0. The molecule has 0 unspecified atom stereocenters. The second-order valence-electron chi connectivity index (χ2n) is 7.23. The first-order valence-corrected chi connectivity index (χ1v) is 9.70. The quantitative estimate of drug-likeness (QED) is 0.377. The second-order valence-corrected chi connectivity index (χ2v) is 7.23. The first-order chi connectivity index (χ1) is 15.6. The molecule has 0 aliphatic heterocycles. The molecule has 2 heterocycles. The van der Waals surface area contributed by atoms with Gasteiger partial charge in [0.2, 0.25) is 0 Å². The molecule has 0 spiro atoms. The number of hydrogen-bond acceptors (Lipinski definition) is 2. The van der Waals surface area contributed by atoms with Gasteiger partial charge in [0.15, 0.2) is 0 Å². The van der Waals surface area contributed by atoms with Crippen LogP contribution in [-0.4, -0.2) is 22.4 Å². The summed E-state index contributed by atoms with van der Waals surface area (Å²) in [4.78, 5) is 18.4. The van der Waals surface area contributed by atoms with E-state index in [0.29, 0.717) is 22.9 Å². The van der Waals surface area contributed by atoms with Gasteiger partial charge in [-0.1, -0.05) is 0 Å². The summed E-state index contributed by atoms with van der Waals surface area (Å²) < 4.78 is 80.0. The van der Waals surface area contributed by atoms with Crippen molar-refractivity contribution in [2.24, 2.45) is 0 Å². The molecule has 2 aromatic carbocycles. The number of benzene rings is 2. The third-order valence-corrected chi connectivity index (χ3v) is 5.04. The van der Waals surface area contributed by atoms with Crippen LogP contribution in [0.5, 0.6) is 0 Å². The number of rotatable bonds is 5. The fourth-order valence-electron chi connectivity index (χ4n) is 3.53. The Bertz CT molecular complexity index is 1330. The van der Waals surface area contributed by atoms with Crippen LogP contribution in [0, 0.1) is 17.5 Å². The van der Waals surface area contributed by atoms with Crippen LogP contribution in [0.2, 0.25) is 0 Å². The summed E-state index contributed by atoms with van der Waals surface area (Å²) in [7, 11) is 0. The first-order valence-electron chi connectivity index (χ1n) is 9.70. The fourth-order valence-corrected chi connectivity index (χ4v) is 3.53. The SMILES string of the molecule is O=C(NCCc1c(-c2ccc(F)cc2)[nH]c2c(F)cc(F)cc12)c1ccnc(C(F)(F)F)c1. The Balaban J connectivity index is 1.61. The van der Waals surface area contributed by atoms with E-state index in [1.807, 2.05) is 0 Å². The normalized spacial score (nSPS) is 11.7. The summed E-state index contributed by atoms with van der Waals surface area (Å²) in [5.74, 6) is -2.86. The molecule has 4 rings (SSSR count). The van der Waals surface area contributed by atoms with Gasteiger partial charge in [-0.25, -0.2) is 13.2 Å². The number of hydrogen-bond donors (Lipinski definition) is 2. The summed E-state index contributed by atoms with van der Waals surface area (Å²) in [6, 6.07) is 8.99. The van der Waals surface area contributed by atoms with E-state index >= 15 is 0 Å². The van der Waals surface area contributed by atoms with Crippen molar-refractivity contribution < 1.29 is 31.1 Å². The number of aromatic nitrogens is 2. The number of nitrogens with zero attached hydrogens (tertiary/aromatic N) is 1. The van der Waals surface area contributed by atoms with Crippen LogP contribution in [0.15, 0.2) is 54.7 Å². The number of nitrogens with one attached hydrogen (secondary N) is 2. The van der Waals surface area contributed by atoms with Crippen molar-refractivity contribution in [3.8, 4) is 11.3 Å². The molecule has 2 N–H and O–H groups in total. The van der Waals surface area contributed by atoms with Crippen molar-refractivity contribution >= 4 is 16.8 Å².